The topological polar surface area (TPSA) is 15.3 Å². The first kappa shape index (κ1) is 13.6. The zero-order valence-electron chi connectivity index (χ0n) is 11.9. The third-order valence-electron chi connectivity index (χ3n) is 4.20. The standard InChI is InChI=1S/C16H26N2/c1-4-17-15-9-10-16(11-15)18(3)12-14-8-6-5-7-13(14)2/h5-8,15-17H,4,9-12H2,1-3H3. The second kappa shape index (κ2) is 6.35. The Labute approximate surface area is 111 Å². The van der Waals surface area contributed by atoms with Gasteiger partial charge in [0.15, 0.2) is 0 Å². The van der Waals surface area contributed by atoms with Gasteiger partial charge in [-0.3, -0.25) is 4.90 Å². The van der Waals surface area contributed by atoms with Crippen LogP contribution < -0.4 is 5.32 Å². The molecule has 0 amide bonds. The summed E-state index contributed by atoms with van der Waals surface area (Å²) in [4.78, 5) is 2.53. The molecule has 0 spiro atoms. The van der Waals surface area contributed by atoms with Crippen LogP contribution in [0.3, 0.4) is 0 Å². The van der Waals surface area contributed by atoms with Crippen LogP contribution in [0.1, 0.15) is 37.3 Å². The minimum absolute atomic E-state index is 0.735. The molecule has 1 aromatic rings. The predicted octanol–water partition coefficient (Wildman–Crippen LogP) is 2.96. The molecule has 1 fully saturated rings. The van der Waals surface area contributed by atoms with E-state index in [9.17, 15) is 0 Å². The molecule has 2 rings (SSSR count). The van der Waals surface area contributed by atoms with Gasteiger partial charge >= 0.3 is 0 Å². The van der Waals surface area contributed by atoms with Crippen molar-refractivity contribution in [2.75, 3.05) is 13.6 Å². The van der Waals surface area contributed by atoms with E-state index in [0.29, 0.717) is 0 Å². The highest BCUT2D eigenvalue weighted by molar-refractivity contribution is 5.25. The minimum atomic E-state index is 0.735. The number of rotatable bonds is 5. The quantitative estimate of drug-likeness (QED) is 0.859. The van der Waals surface area contributed by atoms with Crippen molar-refractivity contribution in [2.24, 2.45) is 0 Å². The molecule has 1 aromatic carbocycles. The molecule has 1 aliphatic carbocycles. The van der Waals surface area contributed by atoms with Gasteiger partial charge in [0.2, 0.25) is 0 Å². The van der Waals surface area contributed by atoms with E-state index in [0.717, 1.165) is 25.2 Å². The molecule has 0 aromatic heterocycles. The fourth-order valence-electron chi connectivity index (χ4n) is 3.02. The van der Waals surface area contributed by atoms with Gasteiger partial charge in [-0.25, -0.2) is 0 Å². The largest absolute Gasteiger partial charge is 0.314 e. The summed E-state index contributed by atoms with van der Waals surface area (Å²) in [6.45, 7) is 6.58. The maximum absolute atomic E-state index is 3.58. The molecular weight excluding hydrogens is 220 g/mol. The highest BCUT2D eigenvalue weighted by Crippen LogP contribution is 2.25. The first-order chi connectivity index (χ1) is 8.70. The fourth-order valence-corrected chi connectivity index (χ4v) is 3.02. The summed E-state index contributed by atoms with van der Waals surface area (Å²) >= 11 is 0. The first-order valence-electron chi connectivity index (χ1n) is 7.18. The van der Waals surface area contributed by atoms with Crippen LogP contribution in [-0.2, 0) is 6.54 Å². The van der Waals surface area contributed by atoms with Crippen LogP contribution >= 0.6 is 0 Å². The van der Waals surface area contributed by atoms with Gasteiger partial charge in [-0.1, -0.05) is 31.2 Å². The van der Waals surface area contributed by atoms with Gasteiger partial charge in [0.05, 0.1) is 0 Å². The van der Waals surface area contributed by atoms with Crippen molar-refractivity contribution >= 4 is 0 Å². The van der Waals surface area contributed by atoms with Gasteiger partial charge in [0.1, 0.15) is 0 Å². The molecule has 0 bridgehead atoms. The Morgan fingerprint density at radius 2 is 2.06 bits per heavy atom. The van der Waals surface area contributed by atoms with Crippen molar-refractivity contribution in [2.45, 2.75) is 51.7 Å². The van der Waals surface area contributed by atoms with Crippen LogP contribution in [0, 0.1) is 6.92 Å². The zero-order chi connectivity index (χ0) is 13.0. The molecule has 0 radical (unpaired) electrons. The van der Waals surface area contributed by atoms with Crippen LogP contribution in [0.4, 0.5) is 0 Å². The average Bonchev–Trinajstić information content (AvgIpc) is 2.81. The van der Waals surface area contributed by atoms with E-state index in [4.69, 9.17) is 0 Å². The lowest BCUT2D eigenvalue weighted by molar-refractivity contribution is 0.233. The van der Waals surface area contributed by atoms with Crippen LogP contribution in [0.5, 0.6) is 0 Å². The van der Waals surface area contributed by atoms with Gasteiger partial charge in [-0.05, 0) is 50.9 Å². The number of hydrogen-bond donors (Lipinski definition) is 1. The fraction of sp³-hybridized carbons (Fsp3) is 0.625. The van der Waals surface area contributed by atoms with Gasteiger partial charge in [0, 0.05) is 18.6 Å². The molecule has 1 saturated carbocycles. The molecular formula is C16H26N2. The lowest BCUT2D eigenvalue weighted by Crippen LogP contribution is -2.32. The Balaban J connectivity index is 1.89. The van der Waals surface area contributed by atoms with Crippen LogP contribution in [-0.4, -0.2) is 30.6 Å². The molecule has 2 heteroatoms. The summed E-state index contributed by atoms with van der Waals surface area (Å²) in [5.74, 6) is 0. The number of nitrogens with one attached hydrogen (secondary N) is 1. The first-order valence-corrected chi connectivity index (χ1v) is 7.18. The van der Waals surface area contributed by atoms with Gasteiger partial charge in [-0.15, -0.1) is 0 Å². The second-order valence-electron chi connectivity index (χ2n) is 5.56. The van der Waals surface area contributed by atoms with Crippen molar-refractivity contribution in [1.29, 1.82) is 0 Å². The van der Waals surface area contributed by atoms with Gasteiger partial charge in [0.25, 0.3) is 0 Å². The highest BCUT2D eigenvalue weighted by Gasteiger charge is 2.26. The maximum Gasteiger partial charge on any atom is 0.0236 e. The molecule has 0 aliphatic heterocycles. The normalized spacial score (nSPS) is 23.8. The summed E-state index contributed by atoms with van der Waals surface area (Å²) < 4.78 is 0. The Kier molecular flexibility index (Phi) is 4.79. The van der Waals surface area contributed by atoms with E-state index in [2.05, 4.69) is 55.4 Å². The monoisotopic (exact) mass is 246 g/mol. The summed E-state index contributed by atoms with van der Waals surface area (Å²) in [6, 6.07) is 10.2. The van der Waals surface area contributed by atoms with Gasteiger partial charge in [-0.2, -0.15) is 0 Å². The Morgan fingerprint density at radius 3 is 2.78 bits per heavy atom. The molecule has 1 N–H and O–H groups in total. The van der Waals surface area contributed by atoms with E-state index >= 15 is 0 Å². The number of aryl methyl sites for hydroxylation is 1. The summed E-state index contributed by atoms with van der Waals surface area (Å²) in [5.41, 5.74) is 2.87. The Morgan fingerprint density at radius 1 is 1.28 bits per heavy atom. The number of hydrogen-bond acceptors (Lipinski definition) is 2. The molecule has 100 valence electrons. The van der Waals surface area contributed by atoms with Crippen LogP contribution in [0.25, 0.3) is 0 Å². The summed E-state index contributed by atoms with van der Waals surface area (Å²) in [6.07, 6.45) is 3.97. The lowest BCUT2D eigenvalue weighted by atomic mass is 10.1. The van der Waals surface area contributed by atoms with E-state index in [1.807, 2.05) is 0 Å². The van der Waals surface area contributed by atoms with Crippen LogP contribution in [0.15, 0.2) is 24.3 Å². The highest BCUT2D eigenvalue weighted by atomic mass is 15.1. The van der Waals surface area contributed by atoms with E-state index in [1.54, 1.807) is 0 Å². The molecule has 0 heterocycles. The summed E-state index contributed by atoms with van der Waals surface area (Å²) in [5, 5.41) is 3.58. The number of benzene rings is 1. The molecule has 0 saturated heterocycles. The Bertz CT molecular complexity index is 375. The molecule has 2 atom stereocenters. The molecule has 1 aliphatic rings. The van der Waals surface area contributed by atoms with Gasteiger partial charge < -0.3 is 5.32 Å². The van der Waals surface area contributed by atoms with Crippen molar-refractivity contribution in [3.8, 4) is 0 Å². The zero-order valence-corrected chi connectivity index (χ0v) is 11.9. The van der Waals surface area contributed by atoms with Crippen molar-refractivity contribution in [3.63, 3.8) is 0 Å². The van der Waals surface area contributed by atoms with E-state index in [1.165, 1.54) is 30.4 Å². The molecule has 2 nitrogen and oxygen atoms in total. The van der Waals surface area contributed by atoms with Crippen molar-refractivity contribution < 1.29 is 0 Å². The SMILES string of the molecule is CCNC1CCC(N(C)Cc2ccccc2C)C1. The third kappa shape index (κ3) is 3.33. The van der Waals surface area contributed by atoms with E-state index in [-0.39, 0.29) is 0 Å². The number of nitrogens with zero attached hydrogens (tertiary/aromatic N) is 1. The molecule has 2 unspecified atom stereocenters. The second-order valence-corrected chi connectivity index (χ2v) is 5.56. The molecule has 18 heavy (non-hydrogen) atoms. The van der Waals surface area contributed by atoms with Crippen molar-refractivity contribution in [3.05, 3.63) is 35.4 Å². The maximum atomic E-state index is 3.58. The minimum Gasteiger partial charge on any atom is -0.314 e. The average molecular weight is 246 g/mol. The predicted molar refractivity (Wildman–Crippen MR) is 77.7 cm³/mol. The smallest absolute Gasteiger partial charge is 0.0236 e. The van der Waals surface area contributed by atoms with E-state index < -0.39 is 0 Å². The Hall–Kier alpha value is -0.860. The summed E-state index contributed by atoms with van der Waals surface area (Å²) in [7, 11) is 2.27. The lowest BCUT2D eigenvalue weighted by Gasteiger charge is -2.25. The van der Waals surface area contributed by atoms with Crippen LogP contribution in [0.2, 0.25) is 0 Å². The van der Waals surface area contributed by atoms with Crippen molar-refractivity contribution in [1.82, 2.24) is 10.2 Å². The third-order valence-corrected chi connectivity index (χ3v) is 4.20.